The van der Waals surface area contributed by atoms with Crippen molar-refractivity contribution in [2.24, 2.45) is 5.92 Å². The normalized spacial score (nSPS) is 25.8. The monoisotopic (exact) mass is 304 g/mol. The molecule has 0 aliphatic carbocycles. The molecule has 2 rings (SSSR count). The van der Waals surface area contributed by atoms with Crippen LogP contribution in [0.25, 0.3) is 0 Å². The summed E-state index contributed by atoms with van der Waals surface area (Å²) >= 11 is 0. The van der Waals surface area contributed by atoms with E-state index >= 15 is 0 Å². The third-order valence-electron chi connectivity index (χ3n) is 3.62. The maximum Gasteiger partial charge on any atom is 0.145 e. The van der Waals surface area contributed by atoms with Gasteiger partial charge in [-0.2, -0.15) is 0 Å². The maximum absolute atomic E-state index is 5.57. The van der Waals surface area contributed by atoms with Crippen molar-refractivity contribution in [1.29, 1.82) is 0 Å². The molecule has 0 N–H and O–H groups in total. The minimum atomic E-state index is 0.378. The highest BCUT2D eigenvalue weighted by Gasteiger charge is 2.22. The second-order valence-electron chi connectivity index (χ2n) is 5.67. The summed E-state index contributed by atoms with van der Waals surface area (Å²) in [6.07, 6.45) is 5.34. The van der Waals surface area contributed by atoms with Crippen molar-refractivity contribution < 1.29 is 23.4 Å². The summed E-state index contributed by atoms with van der Waals surface area (Å²) in [6.45, 7) is 5.85. The van der Waals surface area contributed by atoms with Crippen LogP contribution in [0.5, 0.6) is 0 Å². The van der Waals surface area contributed by atoms with Gasteiger partial charge in [-0.3, -0.25) is 0 Å². The van der Waals surface area contributed by atoms with Gasteiger partial charge in [0.05, 0.1) is 26.4 Å². The molecule has 20 heavy (non-hydrogen) atoms. The van der Waals surface area contributed by atoms with Gasteiger partial charge < -0.3 is 23.4 Å². The first-order valence-electron chi connectivity index (χ1n) is 7.76. The molecule has 0 spiro atoms. The fraction of sp³-hybridized carbons (Fsp3) is 1.00. The van der Waals surface area contributed by atoms with Crippen molar-refractivity contribution in [1.82, 2.24) is 0 Å². The first-order chi connectivity index (χ1) is 9.88. The van der Waals surface area contributed by atoms with Gasteiger partial charge in [0.1, 0.15) is 22.7 Å². The molecule has 0 aromatic rings. The van der Waals surface area contributed by atoms with Crippen molar-refractivity contribution in [2.45, 2.75) is 37.9 Å². The molecule has 0 radical (unpaired) electrons. The molecule has 2 saturated heterocycles. The molecule has 0 bridgehead atoms. The average molecular weight is 304 g/mol. The van der Waals surface area contributed by atoms with Crippen LogP contribution in [0.1, 0.15) is 25.7 Å². The lowest BCUT2D eigenvalue weighted by molar-refractivity contribution is 0.0984. The van der Waals surface area contributed by atoms with Gasteiger partial charge in [0.25, 0.3) is 0 Å². The van der Waals surface area contributed by atoms with E-state index in [0.717, 1.165) is 69.6 Å². The third-order valence-corrected chi connectivity index (χ3v) is 3.95. The van der Waals surface area contributed by atoms with Crippen molar-refractivity contribution in [2.75, 3.05) is 46.2 Å². The van der Waals surface area contributed by atoms with Crippen LogP contribution in [0.15, 0.2) is 0 Å². The Kier molecular flexibility index (Phi) is 8.08. The quantitative estimate of drug-likeness (QED) is 0.262. The molecule has 2 unspecified atom stereocenters. The van der Waals surface area contributed by atoms with Crippen LogP contribution in [-0.2, 0) is 23.4 Å². The number of hydrogen-bond donors (Lipinski definition) is 0. The van der Waals surface area contributed by atoms with Crippen molar-refractivity contribution in [3.05, 3.63) is 0 Å². The molecular formula is C14H28O5Si. The summed E-state index contributed by atoms with van der Waals surface area (Å²) in [7, 11) is 0.823. The Balaban J connectivity index is 1.40. The fourth-order valence-electron chi connectivity index (χ4n) is 2.25. The van der Waals surface area contributed by atoms with E-state index < -0.39 is 0 Å². The van der Waals surface area contributed by atoms with Crippen LogP contribution in [-0.4, -0.2) is 68.9 Å². The standard InChI is InChI=1S/C14H28O5Si/c20-19-7-12(3-1-5-15-8-13-10-17-13)4-2-6-16-9-14-11-18-14/h12-14H,1-11H2,20H3. The van der Waals surface area contributed by atoms with Gasteiger partial charge in [0.2, 0.25) is 0 Å². The van der Waals surface area contributed by atoms with Gasteiger partial charge in [-0.15, -0.1) is 0 Å². The minimum absolute atomic E-state index is 0.378. The third kappa shape index (κ3) is 8.34. The zero-order valence-electron chi connectivity index (χ0n) is 12.6. The molecule has 0 saturated carbocycles. The lowest BCUT2D eigenvalue weighted by atomic mass is 9.99. The molecule has 0 aromatic heterocycles. The molecule has 5 nitrogen and oxygen atoms in total. The van der Waals surface area contributed by atoms with E-state index in [1.807, 2.05) is 0 Å². The topological polar surface area (TPSA) is 52.8 Å². The van der Waals surface area contributed by atoms with Crippen LogP contribution in [0.3, 0.4) is 0 Å². The predicted molar refractivity (Wildman–Crippen MR) is 79.0 cm³/mol. The van der Waals surface area contributed by atoms with E-state index in [0.29, 0.717) is 18.1 Å². The van der Waals surface area contributed by atoms with Crippen molar-refractivity contribution in [3.63, 3.8) is 0 Å². The Labute approximate surface area is 124 Å². The van der Waals surface area contributed by atoms with Crippen LogP contribution in [0.4, 0.5) is 0 Å². The molecule has 2 aliphatic rings. The highest BCUT2D eigenvalue weighted by Crippen LogP contribution is 2.16. The Bertz CT molecular complexity index is 224. The molecule has 2 aliphatic heterocycles. The summed E-state index contributed by atoms with van der Waals surface area (Å²) in [4.78, 5) is 0. The van der Waals surface area contributed by atoms with E-state index in [9.17, 15) is 0 Å². The maximum atomic E-state index is 5.57. The van der Waals surface area contributed by atoms with Gasteiger partial charge in [-0.05, 0) is 31.6 Å². The molecule has 118 valence electrons. The summed E-state index contributed by atoms with van der Waals surface area (Å²) in [5.41, 5.74) is 0. The second-order valence-corrected chi connectivity index (χ2v) is 6.24. The Morgan fingerprint density at radius 3 is 1.85 bits per heavy atom. The number of rotatable bonds is 14. The Morgan fingerprint density at radius 1 is 0.950 bits per heavy atom. The van der Waals surface area contributed by atoms with Gasteiger partial charge in [-0.1, -0.05) is 0 Å². The SMILES string of the molecule is [SiH3]OCC(CCCOCC1CO1)CCCOCC1CO1. The molecule has 2 fully saturated rings. The molecule has 0 aromatic carbocycles. The Morgan fingerprint density at radius 2 is 1.45 bits per heavy atom. The van der Waals surface area contributed by atoms with Crippen LogP contribution in [0, 0.1) is 5.92 Å². The smallest absolute Gasteiger partial charge is 0.145 e. The summed E-state index contributed by atoms with van der Waals surface area (Å²) in [5, 5.41) is 0. The van der Waals surface area contributed by atoms with Crippen molar-refractivity contribution in [3.8, 4) is 0 Å². The van der Waals surface area contributed by atoms with Crippen LogP contribution >= 0.6 is 0 Å². The first kappa shape index (κ1) is 16.4. The summed E-state index contributed by atoms with van der Waals surface area (Å²) in [5.74, 6) is 0.647. The number of epoxide rings is 2. The van der Waals surface area contributed by atoms with Gasteiger partial charge in [0.15, 0.2) is 0 Å². The fourth-order valence-corrected chi connectivity index (χ4v) is 2.72. The zero-order chi connectivity index (χ0) is 14.0. The number of ether oxygens (including phenoxy) is 4. The van der Waals surface area contributed by atoms with E-state index in [1.54, 1.807) is 0 Å². The van der Waals surface area contributed by atoms with Gasteiger partial charge in [0, 0.05) is 19.8 Å². The lowest BCUT2D eigenvalue weighted by Crippen LogP contribution is -2.12. The molecule has 0 amide bonds. The molecule has 6 heteroatoms. The van der Waals surface area contributed by atoms with Crippen LogP contribution < -0.4 is 0 Å². The van der Waals surface area contributed by atoms with Gasteiger partial charge >= 0.3 is 0 Å². The zero-order valence-corrected chi connectivity index (χ0v) is 14.6. The largest absolute Gasteiger partial charge is 0.428 e. The Hall–Kier alpha value is 0.0169. The first-order valence-corrected chi connectivity index (χ1v) is 8.57. The van der Waals surface area contributed by atoms with Crippen LogP contribution in [0.2, 0.25) is 0 Å². The predicted octanol–water partition coefficient (Wildman–Crippen LogP) is 0.291. The van der Waals surface area contributed by atoms with Crippen molar-refractivity contribution >= 4 is 10.5 Å². The minimum Gasteiger partial charge on any atom is -0.428 e. The van der Waals surface area contributed by atoms with E-state index in [2.05, 4.69) is 0 Å². The highest BCUT2D eigenvalue weighted by molar-refractivity contribution is 5.97. The molecule has 2 heterocycles. The number of hydrogen-bond acceptors (Lipinski definition) is 5. The summed E-state index contributed by atoms with van der Waals surface area (Å²) < 4.78 is 26.8. The highest BCUT2D eigenvalue weighted by atomic mass is 28.2. The average Bonchev–Trinajstić information content (AvgIpc) is 3.32. The van der Waals surface area contributed by atoms with E-state index in [4.69, 9.17) is 23.4 Å². The van der Waals surface area contributed by atoms with E-state index in [-0.39, 0.29) is 0 Å². The molecule has 2 atom stereocenters. The summed E-state index contributed by atoms with van der Waals surface area (Å²) in [6, 6.07) is 0. The van der Waals surface area contributed by atoms with Gasteiger partial charge in [-0.25, -0.2) is 0 Å². The molecular weight excluding hydrogens is 276 g/mol. The lowest BCUT2D eigenvalue weighted by Gasteiger charge is -2.16. The second kappa shape index (κ2) is 9.86. The van der Waals surface area contributed by atoms with E-state index in [1.165, 1.54) is 12.8 Å².